The third-order valence-corrected chi connectivity index (χ3v) is 5.26. The molecule has 1 aromatic carbocycles. The van der Waals surface area contributed by atoms with Crippen LogP contribution in [0, 0.1) is 6.92 Å². The predicted molar refractivity (Wildman–Crippen MR) is 91.9 cm³/mol. The Kier molecular flexibility index (Phi) is 4.42. The maximum Gasteiger partial charge on any atom is 0.416 e. The standard InChI is InChI=1S/C18H17F3N2O2S/c1-9-14(13-12(24)8-17(2,3)23-15(13)25)22-16(26-9)10-4-6-11(7-5-10)18(19,20)21/h4-7,13H,8H2,1-3H3,(H,23,25). The summed E-state index contributed by atoms with van der Waals surface area (Å²) in [4.78, 5) is 29.9. The first-order valence-corrected chi connectivity index (χ1v) is 8.79. The molecule has 3 rings (SSSR count). The number of carbonyl (C=O) groups is 2. The lowest BCUT2D eigenvalue weighted by molar-refractivity contribution is -0.138. The van der Waals surface area contributed by atoms with Gasteiger partial charge in [0.25, 0.3) is 0 Å². The van der Waals surface area contributed by atoms with Gasteiger partial charge in [-0.3, -0.25) is 9.59 Å². The van der Waals surface area contributed by atoms with Crippen LogP contribution >= 0.6 is 11.3 Å². The van der Waals surface area contributed by atoms with E-state index < -0.39 is 29.1 Å². The van der Waals surface area contributed by atoms with Crippen molar-refractivity contribution in [2.75, 3.05) is 0 Å². The first-order valence-electron chi connectivity index (χ1n) is 7.98. The van der Waals surface area contributed by atoms with Crippen LogP contribution in [0.25, 0.3) is 10.6 Å². The highest BCUT2D eigenvalue weighted by molar-refractivity contribution is 7.15. The van der Waals surface area contributed by atoms with E-state index in [1.165, 1.54) is 23.5 Å². The lowest BCUT2D eigenvalue weighted by atomic mass is 9.83. The zero-order valence-corrected chi connectivity index (χ0v) is 15.2. The van der Waals surface area contributed by atoms with Gasteiger partial charge in [-0.15, -0.1) is 11.3 Å². The van der Waals surface area contributed by atoms with Gasteiger partial charge in [-0.1, -0.05) is 12.1 Å². The molecule has 1 saturated heterocycles. The van der Waals surface area contributed by atoms with Crippen molar-refractivity contribution >= 4 is 23.0 Å². The highest BCUT2D eigenvalue weighted by Gasteiger charge is 2.42. The summed E-state index contributed by atoms with van der Waals surface area (Å²) in [5, 5.41) is 3.30. The number of nitrogens with one attached hydrogen (secondary N) is 1. The van der Waals surface area contributed by atoms with Gasteiger partial charge in [-0.25, -0.2) is 4.98 Å². The number of thiazole rings is 1. The average molecular weight is 382 g/mol. The Balaban J connectivity index is 1.93. The molecule has 0 saturated carbocycles. The van der Waals surface area contributed by atoms with E-state index in [0.29, 0.717) is 21.1 Å². The number of halogens is 3. The second kappa shape index (κ2) is 6.19. The molecular formula is C18H17F3N2O2S. The number of nitrogens with zero attached hydrogens (tertiary/aromatic N) is 1. The van der Waals surface area contributed by atoms with Crippen LogP contribution in [0.3, 0.4) is 0 Å². The zero-order chi connectivity index (χ0) is 19.3. The van der Waals surface area contributed by atoms with E-state index in [1.807, 2.05) is 0 Å². The Morgan fingerprint density at radius 2 is 1.81 bits per heavy atom. The van der Waals surface area contributed by atoms with E-state index in [2.05, 4.69) is 10.3 Å². The molecule has 2 heterocycles. The number of hydrogen-bond acceptors (Lipinski definition) is 4. The van der Waals surface area contributed by atoms with Crippen LogP contribution in [-0.4, -0.2) is 22.2 Å². The molecule has 1 aliphatic rings. The third-order valence-electron chi connectivity index (χ3n) is 4.23. The predicted octanol–water partition coefficient (Wildman–Crippen LogP) is 4.09. The molecule has 1 N–H and O–H groups in total. The molecule has 4 nitrogen and oxygen atoms in total. The fourth-order valence-electron chi connectivity index (χ4n) is 3.01. The molecule has 1 fully saturated rings. The average Bonchev–Trinajstić information content (AvgIpc) is 2.86. The fraction of sp³-hybridized carbons (Fsp3) is 0.389. The number of piperidine rings is 1. The monoisotopic (exact) mass is 382 g/mol. The Bertz CT molecular complexity index is 850. The summed E-state index contributed by atoms with van der Waals surface area (Å²) in [5.41, 5.74) is -0.437. The zero-order valence-electron chi connectivity index (χ0n) is 14.4. The summed E-state index contributed by atoms with van der Waals surface area (Å²) in [6, 6.07) is 4.67. The number of ketones is 1. The molecule has 0 radical (unpaired) electrons. The molecule has 0 aliphatic carbocycles. The van der Waals surface area contributed by atoms with Crippen molar-refractivity contribution in [3.05, 3.63) is 40.4 Å². The summed E-state index contributed by atoms with van der Waals surface area (Å²) in [6.45, 7) is 5.31. The number of benzene rings is 1. The number of rotatable bonds is 2. The van der Waals surface area contributed by atoms with Gasteiger partial charge in [0.2, 0.25) is 5.91 Å². The van der Waals surface area contributed by atoms with Gasteiger partial charge in [0.05, 0.1) is 11.3 Å². The lowest BCUT2D eigenvalue weighted by Crippen LogP contribution is -2.54. The Hall–Kier alpha value is -2.22. The molecule has 138 valence electrons. The largest absolute Gasteiger partial charge is 0.416 e. The second-order valence-corrected chi connectivity index (χ2v) is 8.19. The number of aryl methyl sites for hydroxylation is 1. The van der Waals surface area contributed by atoms with E-state index in [0.717, 1.165) is 12.1 Å². The summed E-state index contributed by atoms with van der Waals surface area (Å²) < 4.78 is 38.1. The molecule has 1 aromatic heterocycles. The van der Waals surface area contributed by atoms with Gasteiger partial charge < -0.3 is 5.32 Å². The van der Waals surface area contributed by atoms with Gasteiger partial charge in [0.1, 0.15) is 10.9 Å². The van der Waals surface area contributed by atoms with Crippen molar-refractivity contribution in [3.63, 3.8) is 0 Å². The number of amides is 1. The van der Waals surface area contributed by atoms with Crippen LogP contribution < -0.4 is 5.32 Å². The quantitative estimate of drug-likeness (QED) is 0.796. The third kappa shape index (κ3) is 3.51. The van der Waals surface area contributed by atoms with Crippen molar-refractivity contribution in [1.29, 1.82) is 0 Å². The van der Waals surface area contributed by atoms with Crippen LogP contribution in [0.15, 0.2) is 24.3 Å². The molecule has 1 atom stereocenters. The molecule has 0 bridgehead atoms. The highest BCUT2D eigenvalue weighted by atomic mass is 32.1. The SMILES string of the molecule is Cc1sc(-c2ccc(C(F)(F)F)cc2)nc1C1C(=O)CC(C)(C)NC1=O. The normalized spacial score (nSPS) is 20.2. The number of Topliss-reactive ketones (excluding diaryl/α,β-unsaturated/α-hetero) is 1. The summed E-state index contributed by atoms with van der Waals surface area (Å²) in [6.07, 6.45) is -4.20. The molecule has 2 aromatic rings. The molecule has 8 heteroatoms. The Morgan fingerprint density at radius 1 is 1.19 bits per heavy atom. The maximum absolute atomic E-state index is 12.7. The molecule has 0 spiro atoms. The number of aromatic nitrogens is 1. The van der Waals surface area contributed by atoms with Crippen LogP contribution in [0.5, 0.6) is 0 Å². The van der Waals surface area contributed by atoms with Gasteiger partial charge in [-0.2, -0.15) is 13.2 Å². The van der Waals surface area contributed by atoms with Gasteiger partial charge in [0, 0.05) is 22.4 Å². The van der Waals surface area contributed by atoms with Crippen LogP contribution in [0.1, 0.15) is 42.3 Å². The maximum atomic E-state index is 12.7. The van der Waals surface area contributed by atoms with Crippen molar-refractivity contribution < 1.29 is 22.8 Å². The topological polar surface area (TPSA) is 59.1 Å². The lowest BCUT2D eigenvalue weighted by Gasteiger charge is -2.33. The van der Waals surface area contributed by atoms with Gasteiger partial charge in [0.15, 0.2) is 5.78 Å². The molecule has 1 unspecified atom stereocenters. The summed E-state index contributed by atoms with van der Waals surface area (Å²) >= 11 is 1.25. The van der Waals surface area contributed by atoms with E-state index in [9.17, 15) is 22.8 Å². The van der Waals surface area contributed by atoms with Gasteiger partial charge in [-0.05, 0) is 32.9 Å². The van der Waals surface area contributed by atoms with E-state index in [-0.39, 0.29) is 12.2 Å². The smallest absolute Gasteiger partial charge is 0.350 e. The van der Waals surface area contributed by atoms with Crippen LogP contribution in [0.4, 0.5) is 13.2 Å². The summed E-state index contributed by atoms with van der Waals surface area (Å²) in [7, 11) is 0. The van der Waals surface area contributed by atoms with Crippen LogP contribution in [0.2, 0.25) is 0 Å². The first kappa shape index (κ1) is 18.6. The molecule has 1 amide bonds. The van der Waals surface area contributed by atoms with Crippen molar-refractivity contribution in [2.45, 2.75) is 44.8 Å². The fourth-order valence-corrected chi connectivity index (χ4v) is 3.97. The molecule has 26 heavy (non-hydrogen) atoms. The molecular weight excluding hydrogens is 365 g/mol. The Labute approximate surface area is 152 Å². The van der Waals surface area contributed by atoms with E-state index in [1.54, 1.807) is 20.8 Å². The Morgan fingerprint density at radius 3 is 2.35 bits per heavy atom. The minimum Gasteiger partial charge on any atom is -0.350 e. The highest BCUT2D eigenvalue weighted by Crippen LogP contribution is 2.36. The first-order chi connectivity index (χ1) is 12.0. The van der Waals surface area contributed by atoms with Crippen LogP contribution in [-0.2, 0) is 15.8 Å². The molecule has 1 aliphatic heterocycles. The second-order valence-electron chi connectivity index (χ2n) is 6.98. The van der Waals surface area contributed by atoms with E-state index in [4.69, 9.17) is 0 Å². The van der Waals surface area contributed by atoms with Crippen molar-refractivity contribution in [1.82, 2.24) is 10.3 Å². The number of carbonyl (C=O) groups excluding carboxylic acids is 2. The minimum atomic E-state index is -4.40. The van der Waals surface area contributed by atoms with Crippen molar-refractivity contribution in [2.24, 2.45) is 0 Å². The number of hydrogen-bond donors (Lipinski definition) is 1. The van der Waals surface area contributed by atoms with Crippen molar-refractivity contribution in [3.8, 4) is 10.6 Å². The minimum absolute atomic E-state index is 0.203. The van der Waals surface area contributed by atoms with Gasteiger partial charge >= 0.3 is 6.18 Å². The number of alkyl halides is 3. The summed E-state index contributed by atoms with van der Waals surface area (Å²) in [5.74, 6) is -1.56. The van der Waals surface area contributed by atoms with E-state index >= 15 is 0 Å².